The Labute approximate surface area is 121 Å². The SMILES string of the molecule is CCOC(=O)COc1nc(SC)ncc1C(=O)OCC. The van der Waals surface area contributed by atoms with Crippen LogP contribution in [0.3, 0.4) is 0 Å². The van der Waals surface area contributed by atoms with Crippen LogP contribution in [0.15, 0.2) is 11.4 Å². The Balaban J connectivity index is 2.88. The van der Waals surface area contributed by atoms with Crippen LogP contribution in [-0.2, 0) is 14.3 Å². The van der Waals surface area contributed by atoms with Gasteiger partial charge in [-0.15, -0.1) is 0 Å². The molecule has 8 heteroatoms. The molecule has 0 N–H and O–H groups in total. The summed E-state index contributed by atoms with van der Waals surface area (Å²) in [7, 11) is 0. The second kappa shape index (κ2) is 8.36. The quantitative estimate of drug-likeness (QED) is 0.423. The molecule has 110 valence electrons. The Bertz CT molecular complexity index is 481. The van der Waals surface area contributed by atoms with Gasteiger partial charge >= 0.3 is 11.9 Å². The maximum Gasteiger partial charge on any atom is 0.345 e. The molecule has 0 bridgehead atoms. The van der Waals surface area contributed by atoms with Gasteiger partial charge in [-0.1, -0.05) is 11.8 Å². The number of hydrogen-bond donors (Lipinski definition) is 0. The monoisotopic (exact) mass is 300 g/mol. The van der Waals surface area contributed by atoms with Crippen LogP contribution in [0.4, 0.5) is 0 Å². The van der Waals surface area contributed by atoms with Gasteiger partial charge in [0.05, 0.1) is 13.2 Å². The summed E-state index contributed by atoms with van der Waals surface area (Å²) >= 11 is 1.29. The van der Waals surface area contributed by atoms with Crippen LogP contribution in [0.1, 0.15) is 24.2 Å². The van der Waals surface area contributed by atoms with Gasteiger partial charge in [0.1, 0.15) is 5.56 Å². The second-order valence-corrected chi connectivity index (χ2v) is 4.16. The predicted octanol–water partition coefficient (Wildman–Crippen LogP) is 1.32. The second-order valence-electron chi connectivity index (χ2n) is 3.39. The number of rotatable bonds is 7. The summed E-state index contributed by atoms with van der Waals surface area (Å²) in [6.07, 6.45) is 3.10. The van der Waals surface area contributed by atoms with Gasteiger partial charge in [0.2, 0.25) is 5.88 Å². The Morgan fingerprint density at radius 1 is 1.25 bits per heavy atom. The molecule has 0 aliphatic rings. The minimum absolute atomic E-state index is 0.0100. The smallest absolute Gasteiger partial charge is 0.345 e. The molecule has 0 spiro atoms. The van der Waals surface area contributed by atoms with E-state index in [1.54, 1.807) is 20.1 Å². The van der Waals surface area contributed by atoms with Crippen molar-refractivity contribution in [1.82, 2.24) is 9.97 Å². The fourth-order valence-electron chi connectivity index (χ4n) is 1.24. The first-order valence-corrected chi connectivity index (χ1v) is 7.21. The van der Waals surface area contributed by atoms with E-state index in [-0.39, 0.29) is 31.3 Å². The number of thioether (sulfide) groups is 1. The lowest BCUT2D eigenvalue weighted by Gasteiger charge is -2.09. The third-order valence-electron chi connectivity index (χ3n) is 2.04. The molecular weight excluding hydrogens is 284 g/mol. The lowest BCUT2D eigenvalue weighted by molar-refractivity contribution is -0.145. The van der Waals surface area contributed by atoms with Crippen molar-refractivity contribution in [2.75, 3.05) is 26.1 Å². The summed E-state index contributed by atoms with van der Waals surface area (Å²) in [5.74, 6) is -1.12. The fourth-order valence-corrected chi connectivity index (χ4v) is 1.57. The summed E-state index contributed by atoms with van der Waals surface area (Å²) < 4.78 is 14.8. The van der Waals surface area contributed by atoms with Gasteiger partial charge in [-0.2, -0.15) is 4.98 Å². The zero-order chi connectivity index (χ0) is 15.0. The van der Waals surface area contributed by atoms with Gasteiger partial charge in [-0.25, -0.2) is 14.6 Å². The Kier molecular flexibility index (Phi) is 6.78. The molecule has 1 aromatic rings. The number of carbonyl (C=O) groups excluding carboxylic acids is 2. The highest BCUT2D eigenvalue weighted by molar-refractivity contribution is 7.98. The molecule has 1 rings (SSSR count). The molecule has 1 aromatic heterocycles. The summed E-state index contributed by atoms with van der Waals surface area (Å²) in [6, 6.07) is 0. The highest BCUT2D eigenvalue weighted by Crippen LogP contribution is 2.19. The van der Waals surface area contributed by atoms with Crippen LogP contribution in [0.5, 0.6) is 5.88 Å². The highest BCUT2D eigenvalue weighted by atomic mass is 32.2. The van der Waals surface area contributed by atoms with E-state index in [4.69, 9.17) is 14.2 Å². The van der Waals surface area contributed by atoms with Crippen molar-refractivity contribution < 1.29 is 23.8 Å². The molecule has 0 amide bonds. The number of aromatic nitrogens is 2. The summed E-state index contributed by atoms with van der Waals surface area (Å²) in [4.78, 5) is 31.0. The summed E-state index contributed by atoms with van der Waals surface area (Å²) in [5.41, 5.74) is 0.0777. The van der Waals surface area contributed by atoms with Gasteiger partial charge in [0.15, 0.2) is 11.8 Å². The predicted molar refractivity (Wildman–Crippen MR) is 71.9 cm³/mol. The maximum atomic E-state index is 11.7. The number of hydrogen-bond acceptors (Lipinski definition) is 8. The van der Waals surface area contributed by atoms with E-state index in [1.807, 2.05) is 0 Å². The third-order valence-corrected chi connectivity index (χ3v) is 2.60. The Hall–Kier alpha value is -1.83. The zero-order valence-corrected chi connectivity index (χ0v) is 12.4. The minimum Gasteiger partial charge on any atom is -0.465 e. The number of nitrogens with zero attached hydrogens (tertiary/aromatic N) is 2. The normalized spacial score (nSPS) is 9.95. The van der Waals surface area contributed by atoms with Gasteiger partial charge in [0, 0.05) is 6.20 Å². The molecule has 0 fully saturated rings. The zero-order valence-electron chi connectivity index (χ0n) is 11.5. The summed E-state index contributed by atoms with van der Waals surface area (Å²) in [6.45, 7) is 3.53. The number of ether oxygens (including phenoxy) is 3. The van der Waals surface area contributed by atoms with E-state index in [0.717, 1.165) is 0 Å². The van der Waals surface area contributed by atoms with Gasteiger partial charge in [-0.3, -0.25) is 0 Å². The first-order chi connectivity index (χ1) is 9.62. The first-order valence-electron chi connectivity index (χ1n) is 5.98. The molecule has 0 aliphatic carbocycles. The number of carbonyl (C=O) groups is 2. The molecule has 0 atom stereocenters. The van der Waals surface area contributed by atoms with E-state index in [1.165, 1.54) is 18.0 Å². The van der Waals surface area contributed by atoms with Crippen LogP contribution in [0.25, 0.3) is 0 Å². The van der Waals surface area contributed by atoms with Gasteiger partial charge in [-0.05, 0) is 20.1 Å². The number of esters is 2. The third kappa shape index (κ3) is 4.69. The van der Waals surface area contributed by atoms with Gasteiger partial charge < -0.3 is 14.2 Å². The molecule has 7 nitrogen and oxygen atoms in total. The van der Waals surface area contributed by atoms with Crippen LogP contribution in [-0.4, -0.2) is 48.0 Å². The molecule has 0 unspecified atom stereocenters. The van der Waals surface area contributed by atoms with Crippen molar-refractivity contribution in [3.05, 3.63) is 11.8 Å². The lowest BCUT2D eigenvalue weighted by atomic mass is 10.3. The molecule has 0 aliphatic heterocycles. The molecular formula is C12H16N2O5S. The van der Waals surface area contributed by atoms with E-state index in [0.29, 0.717) is 5.16 Å². The van der Waals surface area contributed by atoms with Crippen molar-refractivity contribution in [3.8, 4) is 5.88 Å². The van der Waals surface area contributed by atoms with Crippen LogP contribution in [0.2, 0.25) is 0 Å². The summed E-state index contributed by atoms with van der Waals surface area (Å²) in [5, 5.41) is 0.428. The first kappa shape index (κ1) is 16.2. The van der Waals surface area contributed by atoms with Crippen molar-refractivity contribution in [2.24, 2.45) is 0 Å². The van der Waals surface area contributed by atoms with E-state index in [2.05, 4.69) is 9.97 Å². The van der Waals surface area contributed by atoms with E-state index >= 15 is 0 Å². The molecule has 0 saturated carbocycles. The van der Waals surface area contributed by atoms with E-state index < -0.39 is 11.9 Å². The molecule has 1 heterocycles. The van der Waals surface area contributed by atoms with Gasteiger partial charge in [0.25, 0.3) is 0 Å². The van der Waals surface area contributed by atoms with Crippen LogP contribution >= 0.6 is 11.8 Å². The molecule has 0 saturated heterocycles. The fraction of sp³-hybridized carbons (Fsp3) is 0.500. The average molecular weight is 300 g/mol. The largest absolute Gasteiger partial charge is 0.465 e. The van der Waals surface area contributed by atoms with Crippen molar-refractivity contribution in [1.29, 1.82) is 0 Å². The highest BCUT2D eigenvalue weighted by Gasteiger charge is 2.18. The Morgan fingerprint density at radius 2 is 1.95 bits per heavy atom. The van der Waals surface area contributed by atoms with Crippen LogP contribution < -0.4 is 4.74 Å². The van der Waals surface area contributed by atoms with Crippen molar-refractivity contribution in [2.45, 2.75) is 19.0 Å². The lowest BCUT2D eigenvalue weighted by Crippen LogP contribution is -2.17. The Morgan fingerprint density at radius 3 is 2.55 bits per heavy atom. The maximum absolute atomic E-state index is 11.7. The topological polar surface area (TPSA) is 87.6 Å². The average Bonchev–Trinajstić information content (AvgIpc) is 2.45. The van der Waals surface area contributed by atoms with Crippen molar-refractivity contribution in [3.63, 3.8) is 0 Å². The minimum atomic E-state index is -0.598. The standard InChI is InChI=1S/C12H16N2O5S/c1-4-17-9(15)7-19-10-8(11(16)18-5-2)6-13-12(14-10)20-3/h6H,4-5,7H2,1-3H3. The van der Waals surface area contributed by atoms with Crippen molar-refractivity contribution >= 4 is 23.7 Å². The molecule has 20 heavy (non-hydrogen) atoms. The van der Waals surface area contributed by atoms with E-state index in [9.17, 15) is 9.59 Å². The molecule has 0 radical (unpaired) electrons. The van der Waals surface area contributed by atoms with Crippen LogP contribution in [0, 0.1) is 0 Å². The molecule has 0 aromatic carbocycles.